The van der Waals surface area contributed by atoms with E-state index in [0.717, 1.165) is 43.9 Å². The predicted octanol–water partition coefficient (Wildman–Crippen LogP) is 2.73. The second-order valence-electron chi connectivity index (χ2n) is 7.77. The molecule has 12 heteroatoms. The number of tetrazole rings is 1. The van der Waals surface area contributed by atoms with Crippen molar-refractivity contribution in [3.05, 3.63) is 83.3 Å². The first kappa shape index (κ1) is 22.2. The second kappa shape index (κ2) is 9.33. The predicted molar refractivity (Wildman–Crippen MR) is 130 cm³/mol. The van der Waals surface area contributed by atoms with Crippen molar-refractivity contribution in [2.45, 2.75) is 26.8 Å². The van der Waals surface area contributed by atoms with Gasteiger partial charge in [-0.15, -0.1) is 16.4 Å². The summed E-state index contributed by atoms with van der Waals surface area (Å²) in [6.07, 6.45) is 4.29. The van der Waals surface area contributed by atoms with Crippen LogP contribution in [-0.2, 0) is 23.9 Å². The van der Waals surface area contributed by atoms with Crippen LogP contribution in [0.1, 0.15) is 28.5 Å². The van der Waals surface area contributed by atoms with Crippen molar-refractivity contribution in [2.75, 3.05) is 0 Å². The third kappa shape index (κ3) is 4.42. The molecule has 0 unspecified atom stereocenters. The minimum Gasteiger partial charge on any atom is -0.312 e. The highest BCUT2D eigenvalue weighted by Gasteiger charge is 2.17. The maximum atomic E-state index is 10.9. The first-order chi connectivity index (χ1) is 16.5. The van der Waals surface area contributed by atoms with E-state index in [1.807, 2.05) is 38.2 Å². The van der Waals surface area contributed by atoms with Gasteiger partial charge in [0.2, 0.25) is 10.9 Å². The maximum Gasteiger partial charge on any atom is 0.201 e. The zero-order valence-corrected chi connectivity index (χ0v) is 20.2. The maximum absolute atomic E-state index is 10.9. The van der Waals surface area contributed by atoms with E-state index in [9.17, 15) is 8.42 Å². The zero-order valence-electron chi connectivity index (χ0n) is 18.5. The fraction of sp³-hybridized carbons (Fsp3) is 0.182. The van der Waals surface area contributed by atoms with Gasteiger partial charge in [-0.2, -0.15) is 0 Å². The Bertz CT molecular complexity index is 1500. The summed E-state index contributed by atoms with van der Waals surface area (Å²) in [7, 11) is -2.64. The summed E-state index contributed by atoms with van der Waals surface area (Å²) >= 11 is 1.69. The van der Waals surface area contributed by atoms with Gasteiger partial charge in [-0.1, -0.05) is 12.1 Å². The van der Waals surface area contributed by atoms with Crippen LogP contribution in [0.3, 0.4) is 0 Å². The average molecular weight is 495 g/mol. The molecule has 0 radical (unpaired) electrons. The molecule has 1 aromatic carbocycles. The van der Waals surface area contributed by atoms with Crippen LogP contribution in [0.15, 0.2) is 54.9 Å². The van der Waals surface area contributed by atoms with E-state index >= 15 is 0 Å². The molecule has 0 aliphatic carbocycles. The smallest absolute Gasteiger partial charge is 0.201 e. The number of thiophene rings is 1. The molecule has 174 valence electrons. The van der Waals surface area contributed by atoms with E-state index in [4.69, 9.17) is 0 Å². The van der Waals surface area contributed by atoms with E-state index < -0.39 is 10.9 Å². The molecule has 0 atom stereocenters. The molecule has 0 fully saturated rings. The Kier molecular flexibility index (Phi) is 6.09. The number of nitrogens with zero attached hydrogens (tertiary/aromatic N) is 6. The number of aromatic nitrogens is 7. The van der Waals surface area contributed by atoms with Gasteiger partial charge in [-0.25, -0.2) is 23.2 Å². The first-order valence-electron chi connectivity index (χ1n) is 10.5. The Hall–Kier alpha value is -3.61. The summed E-state index contributed by atoms with van der Waals surface area (Å²) in [5.74, 6) is 1.60. The number of aryl methyl sites for hydroxylation is 2. The lowest BCUT2D eigenvalue weighted by Gasteiger charge is -2.16. The Morgan fingerprint density at radius 3 is 2.71 bits per heavy atom. The monoisotopic (exact) mass is 494 g/mol. The van der Waals surface area contributed by atoms with Crippen LogP contribution in [0.2, 0.25) is 0 Å². The SMILES string of the molecule is Cc1cc(CN[SH](=O)=O)ccc1-n1c(Cc2nnn[nH]2)ccc1-c1ccc(-n2ccnc2C)s1. The van der Waals surface area contributed by atoms with E-state index in [2.05, 4.69) is 63.7 Å². The van der Waals surface area contributed by atoms with Crippen LogP contribution in [0, 0.1) is 13.8 Å². The summed E-state index contributed by atoms with van der Waals surface area (Å²) in [4.78, 5) is 5.44. The number of benzene rings is 1. The molecule has 0 spiro atoms. The highest BCUT2D eigenvalue weighted by molar-refractivity contribution is 7.70. The van der Waals surface area contributed by atoms with Gasteiger partial charge in [0.1, 0.15) is 10.8 Å². The normalized spacial score (nSPS) is 11.5. The van der Waals surface area contributed by atoms with Crippen molar-refractivity contribution in [1.82, 2.24) is 39.5 Å². The Balaban J connectivity index is 1.58. The number of nitrogens with one attached hydrogen (secondary N) is 2. The number of hydrogen-bond acceptors (Lipinski definition) is 7. The summed E-state index contributed by atoms with van der Waals surface area (Å²) in [5.41, 5.74) is 5.00. The lowest BCUT2D eigenvalue weighted by Crippen LogP contribution is -2.11. The largest absolute Gasteiger partial charge is 0.312 e. The molecule has 2 N–H and O–H groups in total. The fourth-order valence-electron chi connectivity index (χ4n) is 3.96. The van der Waals surface area contributed by atoms with Gasteiger partial charge in [0, 0.05) is 36.7 Å². The van der Waals surface area contributed by atoms with Gasteiger partial charge >= 0.3 is 0 Å². The summed E-state index contributed by atoms with van der Waals surface area (Å²) in [5, 5.41) is 15.4. The molecular weight excluding hydrogens is 472 g/mol. The van der Waals surface area contributed by atoms with Crippen molar-refractivity contribution in [3.63, 3.8) is 0 Å². The quantitative estimate of drug-likeness (QED) is 0.285. The zero-order chi connectivity index (χ0) is 23.7. The number of H-pyrrole nitrogens is 1. The van der Waals surface area contributed by atoms with E-state index in [0.29, 0.717) is 12.2 Å². The molecule has 0 aliphatic heterocycles. The molecule has 0 saturated carbocycles. The van der Waals surface area contributed by atoms with Crippen molar-refractivity contribution >= 4 is 22.2 Å². The minimum absolute atomic E-state index is 0.257. The molecule has 10 nitrogen and oxygen atoms in total. The number of imidazole rings is 1. The van der Waals surface area contributed by atoms with Gasteiger partial charge in [-0.05, 0) is 65.7 Å². The average Bonchev–Trinajstić information content (AvgIpc) is 3.60. The van der Waals surface area contributed by atoms with Gasteiger partial charge < -0.3 is 4.57 Å². The molecule has 4 aromatic heterocycles. The van der Waals surface area contributed by atoms with Crippen LogP contribution in [0.5, 0.6) is 0 Å². The summed E-state index contributed by atoms with van der Waals surface area (Å²) in [6, 6.07) is 14.3. The van der Waals surface area contributed by atoms with Crippen LogP contribution < -0.4 is 4.72 Å². The standard InChI is InChI=1S/C22H22N8O2S2/c1-14-11-16(13-24-34(31)32)3-5-18(14)30-17(12-21-25-27-28-26-21)4-6-19(30)20-7-8-22(33-20)29-10-9-23-15(29)2/h3-11,34H,12-13H2,1-2H3,(H,24,31,32)(H,25,26,27,28). The third-order valence-corrected chi connectivity index (χ3v) is 7.04. The van der Waals surface area contributed by atoms with E-state index in [1.54, 1.807) is 17.5 Å². The van der Waals surface area contributed by atoms with Crippen LogP contribution in [0.4, 0.5) is 0 Å². The highest BCUT2D eigenvalue weighted by Crippen LogP contribution is 2.35. The molecule has 0 bridgehead atoms. The van der Waals surface area contributed by atoms with Crippen molar-refractivity contribution in [1.29, 1.82) is 0 Å². The molecule has 0 saturated heterocycles. The molecule has 34 heavy (non-hydrogen) atoms. The summed E-state index contributed by atoms with van der Waals surface area (Å²) in [6.45, 7) is 4.26. The highest BCUT2D eigenvalue weighted by atomic mass is 32.2. The van der Waals surface area contributed by atoms with Crippen molar-refractivity contribution < 1.29 is 8.42 Å². The molecule has 5 rings (SSSR count). The topological polar surface area (TPSA) is 123 Å². The first-order valence-corrected chi connectivity index (χ1v) is 12.5. The Morgan fingerprint density at radius 1 is 1.12 bits per heavy atom. The number of hydrogen-bond donors (Lipinski definition) is 3. The molecular formula is C22H22N8O2S2. The molecule has 0 amide bonds. The Labute approximate surface area is 201 Å². The third-order valence-electron chi connectivity index (χ3n) is 5.52. The minimum atomic E-state index is -2.64. The van der Waals surface area contributed by atoms with Crippen LogP contribution >= 0.6 is 11.3 Å². The van der Waals surface area contributed by atoms with Crippen molar-refractivity contribution in [2.24, 2.45) is 0 Å². The number of aromatic amines is 1. The molecule has 0 aliphatic rings. The lowest BCUT2D eigenvalue weighted by molar-refractivity contribution is 0.601. The number of rotatable bonds is 8. The van der Waals surface area contributed by atoms with Gasteiger partial charge in [-0.3, -0.25) is 4.57 Å². The lowest BCUT2D eigenvalue weighted by atomic mass is 10.1. The molecule has 4 heterocycles. The second-order valence-corrected chi connectivity index (χ2v) is 9.66. The van der Waals surface area contributed by atoms with E-state index in [1.165, 1.54) is 0 Å². The summed E-state index contributed by atoms with van der Waals surface area (Å²) < 4.78 is 28.6. The Morgan fingerprint density at radius 2 is 2.00 bits per heavy atom. The van der Waals surface area contributed by atoms with E-state index in [-0.39, 0.29) is 6.54 Å². The fourth-order valence-corrected chi connectivity index (χ4v) is 5.32. The number of thiol groups is 1. The van der Waals surface area contributed by atoms with Gasteiger partial charge in [0.05, 0.1) is 10.6 Å². The van der Waals surface area contributed by atoms with Crippen LogP contribution in [0.25, 0.3) is 21.3 Å². The molecule has 5 aromatic rings. The van der Waals surface area contributed by atoms with Crippen molar-refractivity contribution in [3.8, 4) is 21.3 Å². The van der Waals surface area contributed by atoms with Gasteiger partial charge in [0.25, 0.3) is 0 Å². The van der Waals surface area contributed by atoms with Gasteiger partial charge in [0.15, 0.2) is 5.82 Å². The van der Waals surface area contributed by atoms with Crippen LogP contribution in [-0.4, -0.2) is 43.2 Å².